The Morgan fingerprint density at radius 3 is 2.53 bits per heavy atom. The number of rotatable bonds is 2. The number of thiocarbonyl (C=S) groups is 1. The van der Waals surface area contributed by atoms with Crippen LogP contribution in [0, 0.1) is 0 Å². The van der Waals surface area contributed by atoms with Crippen LogP contribution in [0.5, 0.6) is 0 Å². The van der Waals surface area contributed by atoms with E-state index in [0.29, 0.717) is 6.04 Å². The number of piperidine rings is 1. The topological polar surface area (TPSA) is 27.3 Å². The van der Waals surface area contributed by atoms with Crippen molar-refractivity contribution in [3.8, 4) is 0 Å². The highest BCUT2D eigenvalue weighted by Gasteiger charge is 2.23. The molecule has 92 valence electrons. The van der Waals surface area contributed by atoms with Crippen molar-refractivity contribution >= 4 is 23.0 Å². The summed E-state index contributed by atoms with van der Waals surface area (Å²) in [7, 11) is 1.89. The first-order valence-electron chi connectivity index (χ1n) is 6.09. The Bertz CT molecular complexity index is 360. The Morgan fingerprint density at radius 1 is 1.29 bits per heavy atom. The van der Waals surface area contributed by atoms with Gasteiger partial charge in [0.2, 0.25) is 0 Å². The van der Waals surface area contributed by atoms with Gasteiger partial charge in [0.25, 0.3) is 0 Å². The van der Waals surface area contributed by atoms with Gasteiger partial charge in [-0.2, -0.15) is 0 Å². The fourth-order valence-corrected chi connectivity index (χ4v) is 2.52. The number of hydrogen-bond donors (Lipinski definition) is 2. The lowest BCUT2D eigenvalue weighted by atomic mass is 10.0. The monoisotopic (exact) mass is 249 g/mol. The first kappa shape index (κ1) is 12.3. The molecule has 0 radical (unpaired) electrons. The molecule has 1 aliphatic heterocycles. The van der Waals surface area contributed by atoms with Crippen molar-refractivity contribution in [2.45, 2.75) is 18.9 Å². The van der Waals surface area contributed by atoms with E-state index in [0.717, 1.165) is 31.0 Å². The maximum atomic E-state index is 5.43. The van der Waals surface area contributed by atoms with Crippen LogP contribution in [0.4, 0.5) is 5.69 Å². The second-order valence-electron chi connectivity index (χ2n) is 4.24. The SMILES string of the molecule is CNC(=S)N(c1ccccc1)C1CCNCC1. The smallest absolute Gasteiger partial charge is 0.173 e. The van der Waals surface area contributed by atoms with Crippen molar-refractivity contribution in [1.29, 1.82) is 0 Å². The van der Waals surface area contributed by atoms with E-state index in [2.05, 4.69) is 39.8 Å². The molecule has 0 amide bonds. The molecule has 1 aromatic carbocycles. The highest BCUT2D eigenvalue weighted by atomic mass is 32.1. The maximum Gasteiger partial charge on any atom is 0.173 e. The van der Waals surface area contributed by atoms with Gasteiger partial charge in [-0.05, 0) is 50.3 Å². The highest BCUT2D eigenvalue weighted by molar-refractivity contribution is 7.80. The fraction of sp³-hybridized carbons (Fsp3) is 0.462. The molecule has 2 rings (SSSR count). The lowest BCUT2D eigenvalue weighted by Crippen LogP contribution is -2.49. The van der Waals surface area contributed by atoms with Gasteiger partial charge in [0, 0.05) is 18.8 Å². The Kier molecular flexibility index (Phi) is 4.34. The predicted molar refractivity (Wildman–Crippen MR) is 76.5 cm³/mol. The molecule has 1 fully saturated rings. The van der Waals surface area contributed by atoms with E-state index >= 15 is 0 Å². The van der Waals surface area contributed by atoms with E-state index in [1.807, 2.05) is 13.1 Å². The summed E-state index contributed by atoms with van der Waals surface area (Å²) in [6, 6.07) is 10.9. The third kappa shape index (κ3) is 2.96. The zero-order chi connectivity index (χ0) is 12.1. The Morgan fingerprint density at radius 2 is 1.94 bits per heavy atom. The number of hydrogen-bond acceptors (Lipinski definition) is 2. The van der Waals surface area contributed by atoms with Gasteiger partial charge in [-0.15, -0.1) is 0 Å². The summed E-state index contributed by atoms with van der Waals surface area (Å²) in [4.78, 5) is 2.25. The van der Waals surface area contributed by atoms with Gasteiger partial charge in [-0.25, -0.2) is 0 Å². The normalized spacial score (nSPS) is 16.5. The molecule has 3 nitrogen and oxygen atoms in total. The molecular weight excluding hydrogens is 230 g/mol. The van der Waals surface area contributed by atoms with Crippen molar-refractivity contribution in [3.63, 3.8) is 0 Å². The molecule has 0 bridgehead atoms. The predicted octanol–water partition coefficient (Wildman–Crippen LogP) is 1.75. The van der Waals surface area contributed by atoms with Crippen LogP contribution in [0.2, 0.25) is 0 Å². The zero-order valence-corrected chi connectivity index (χ0v) is 11.0. The minimum absolute atomic E-state index is 0.499. The molecule has 0 spiro atoms. The summed E-state index contributed by atoms with van der Waals surface area (Å²) < 4.78 is 0. The quantitative estimate of drug-likeness (QED) is 0.781. The maximum absolute atomic E-state index is 5.43. The summed E-state index contributed by atoms with van der Waals surface area (Å²) in [5.74, 6) is 0. The molecule has 0 aliphatic carbocycles. The molecule has 0 saturated carbocycles. The third-order valence-corrected chi connectivity index (χ3v) is 3.54. The summed E-state index contributed by atoms with van der Waals surface area (Å²) >= 11 is 5.43. The lowest BCUT2D eigenvalue weighted by molar-refractivity contribution is 0.455. The van der Waals surface area contributed by atoms with E-state index in [1.54, 1.807) is 0 Å². The minimum atomic E-state index is 0.499. The van der Waals surface area contributed by atoms with Gasteiger partial charge < -0.3 is 15.5 Å². The van der Waals surface area contributed by atoms with Crippen molar-refractivity contribution in [2.75, 3.05) is 25.0 Å². The number of anilines is 1. The molecule has 0 aromatic heterocycles. The number of benzene rings is 1. The van der Waals surface area contributed by atoms with Gasteiger partial charge in [-0.3, -0.25) is 0 Å². The highest BCUT2D eigenvalue weighted by Crippen LogP contribution is 2.21. The van der Waals surface area contributed by atoms with Gasteiger partial charge in [0.15, 0.2) is 5.11 Å². The molecule has 0 unspecified atom stereocenters. The second kappa shape index (κ2) is 5.98. The van der Waals surface area contributed by atoms with Crippen LogP contribution in [-0.4, -0.2) is 31.3 Å². The Balaban J connectivity index is 2.21. The first-order valence-corrected chi connectivity index (χ1v) is 6.50. The van der Waals surface area contributed by atoms with E-state index in [-0.39, 0.29) is 0 Å². The summed E-state index contributed by atoms with van der Waals surface area (Å²) in [5.41, 5.74) is 1.18. The average molecular weight is 249 g/mol. The van der Waals surface area contributed by atoms with Crippen LogP contribution in [0.1, 0.15) is 12.8 Å². The van der Waals surface area contributed by atoms with Gasteiger partial charge in [-0.1, -0.05) is 18.2 Å². The van der Waals surface area contributed by atoms with Crippen LogP contribution >= 0.6 is 12.2 Å². The van der Waals surface area contributed by atoms with Crippen molar-refractivity contribution < 1.29 is 0 Å². The molecule has 17 heavy (non-hydrogen) atoms. The molecule has 1 heterocycles. The lowest BCUT2D eigenvalue weighted by Gasteiger charge is -2.36. The zero-order valence-electron chi connectivity index (χ0n) is 10.1. The largest absolute Gasteiger partial charge is 0.365 e. The van der Waals surface area contributed by atoms with Crippen molar-refractivity contribution in [1.82, 2.24) is 10.6 Å². The van der Waals surface area contributed by atoms with Crippen LogP contribution in [0.25, 0.3) is 0 Å². The molecule has 1 aromatic rings. The van der Waals surface area contributed by atoms with Gasteiger partial charge in [0.1, 0.15) is 0 Å². The number of para-hydroxylation sites is 1. The molecule has 1 aliphatic rings. The molecule has 2 N–H and O–H groups in total. The number of nitrogens with one attached hydrogen (secondary N) is 2. The third-order valence-electron chi connectivity index (χ3n) is 3.14. The van der Waals surface area contributed by atoms with Crippen LogP contribution in [0.15, 0.2) is 30.3 Å². The van der Waals surface area contributed by atoms with Crippen molar-refractivity contribution in [2.24, 2.45) is 0 Å². The standard InChI is InChI=1S/C13H19N3S/c1-14-13(17)16(11-5-3-2-4-6-11)12-7-9-15-10-8-12/h2-6,12,15H,7-10H2,1H3,(H,14,17). The summed E-state index contributed by atoms with van der Waals surface area (Å²) in [6.45, 7) is 2.14. The Hall–Kier alpha value is -1.13. The molecule has 1 saturated heterocycles. The first-order chi connectivity index (χ1) is 8.33. The molecule has 4 heteroatoms. The van der Waals surface area contributed by atoms with E-state index < -0.39 is 0 Å². The number of nitrogens with zero attached hydrogens (tertiary/aromatic N) is 1. The van der Waals surface area contributed by atoms with E-state index in [9.17, 15) is 0 Å². The van der Waals surface area contributed by atoms with Gasteiger partial charge in [0.05, 0.1) is 0 Å². The van der Waals surface area contributed by atoms with Gasteiger partial charge >= 0.3 is 0 Å². The van der Waals surface area contributed by atoms with E-state index in [4.69, 9.17) is 12.2 Å². The van der Waals surface area contributed by atoms with Crippen molar-refractivity contribution in [3.05, 3.63) is 30.3 Å². The second-order valence-corrected chi connectivity index (χ2v) is 4.63. The Labute approximate surface area is 108 Å². The average Bonchev–Trinajstić information content (AvgIpc) is 2.41. The fourth-order valence-electron chi connectivity index (χ4n) is 2.27. The summed E-state index contributed by atoms with van der Waals surface area (Å²) in [5, 5.41) is 7.29. The van der Waals surface area contributed by atoms with E-state index in [1.165, 1.54) is 5.69 Å². The molecular formula is C13H19N3S. The van der Waals surface area contributed by atoms with Crippen LogP contribution in [-0.2, 0) is 0 Å². The summed E-state index contributed by atoms with van der Waals surface area (Å²) in [6.07, 6.45) is 2.27. The molecule has 0 atom stereocenters. The van der Waals surface area contributed by atoms with Crippen LogP contribution < -0.4 is 15.5 Å². The van der Waals surface area contributed by atoms with Crippen LogP contribution in [0.3, 0.4) is 0 Å². The minimum Gasteiger partial charge on any atom is -0.365 e.